The van der Waals surface area contributed by atoms with Crippen LogP contribution in [0, 0.1) is 5.82 Å². The van der Waals surface area contributed by atoms with Crippen LogP contribution in [0.4, 0.5) is 4.39 Å². The molecule has 0 amide bonds. The molecule has 1 aromatic rings. The van der Waals surface area contributed by atoms with Crippen molar-refractivity contribution in [3.63, 3.8) is 0 Å². The van der Waals surface area contributed by atoms with Gasteiger partial charge in [0.25, 0.3) is 0 Å². The fourth-order valence-corrected chi connectivity index (χ4v) is 2.15. The maximum Gasteiger partial charge on any atom is 0.123 e. The molecule has 2 heterocycles. The van der Waals surface area contributed by atoms with Crippen LogP contribution in [0.1, 0.15) is 23.7 Å². The first-order valence-electron chi connectivity index (χ1n) is 4.98. The third-order valence-electron chi connectivity index (χ3n) is 3.06. The Morgan fingerprint density at radius 3 is 3.00 bits per heavy atom. The molecule has 0 aliphatic carbocycles. The number of fused-ring (bicyclic) bond motifs is 1. The summed E-state index contributed by atoms with van der Waals surface area (Å²) in [7, 11) is 0. The van der Waals surface area contributed by atoms with Crippen LogP contribution >= 0.6 is 0 Å². The van der Waals surface area contributed by atoms with Gasteiger partial charge in [0.2, 0.25) is 0 Å². The summed E-state index contributed by atoms with van der Waals surface area (Å²) >= 11 is 0. The lowest BCUT2D eigenvalue weighted by atomic mass is 9.94. The molecule has 0 aromatic heterocycles. The molecular formula is C11H12FNO. The normalized spacial score (nSPS) is 29.8. The molecule has 0 unspecified atom stereocenters. The predicted octanol–water partition coefficient (Wildman–Crippen LogP) is 1.76. The Morgan fingerprint density at radius 2 is 2.29 bits per heavy atom. The van der Waals surface area contributed by atoms with Crippen LogP contribution in [-0.4, -0.2) is 12.6 Å². The van der Waals surface area contributed by atoms with Gasteiger partial charge >= 0.3 is 0 Å². The molecule has 2 aliphatic rings. The van der Waals surface area contributed by atoms with Crippen molar-refractivity contribution in [3.05, 3.63) is 35.1 Å². The summed E-state index contributed by atoms with van der Waals surface area (Å²) in [6.07, 6.45) is 1.29. The molecule has 2 aliphatic heterocycles. The molecule has 74 valence electrons. The van der Waals surface area contributed by atoms with E-state index < -0.39 is 0 Å². The predicted molar refractivity (Wildman–Crippen MR) is 50.3 cm³/mol. The molecule has 0 radical (unpaired) electrons. The van der Waals surface area contributed by atoms with Crippen LogP contribution in [0.3, 0.4) is 0 Å². The van der Waals surface area contributed by atoms with Gasteiger partial charge in [-0.05, 0) is 36.2 Å². The van der Waals surface area contributed by atoms with Gasteiger partial charge in [-0.2, -0.15) is 0 Å². The van der Waals surface area contributed by atoms with Crippen molar-refractivity contribution >= 4 is 0 Å². The number of ether oxygens (including phenoxy) is 1. The SMILES string of the molecule is Fc1ccc2c(c1)CO[C@H]2[C@H]1CCN1. The third-order valence-corrected chi connectivity index (χ3v) is 3.06. The molecule has 2 atom stereocenters. The van der Waals surface area contributed by atoms with Crippen molar-refractivity contribution in [2.75, 3.05) is 6.54 Å². The second kappa shape index (κ2) is 3.04. The standard InChI is InChI=1S/C11H12FNO/c12-8-1-2-9-7(5-8)6-14-11(9)10-3-4-13-10/h1-2,5,10-11,13H,3-4,6H2/t10-,11-/m1/s1. The van der Waals surface area contributed by atoms with Gasteiger partial charge in [0.05, 0.1) is 12.7 Å². The van der Waals surface area contributed by atoms with Gasteiger partial charge in [0.15, 0.2) is 0 Å². The number of hydrogen-bond donors (Lipinski definition) is 1. The molecule has 1 fully saturated rings. The maximum atomic E-state index is 12.9. The third kappa shape index (κ3) is 1.16. The summed E-state index contributed by atoms with van der Waals surface area (Å²) in [6, 6.07) is 5.37. The summed E-state index contributed by atoms with van der Waals surface area (Å²) in [5.74, 6) is -0.172. The van der Waals surface area contributed by atoms with E-state index in [2.05, 4.69) is 5.32 Å². The van der Waals surface area contributed by atoms with Gasteiger partial charge in [-0.1, -0.05) is 6.07 Å². The average molecular weight is 193 g/mol. The molecule has 3 rings (SSSR count). The van der Waals surface area contributed by atoms with E-state index in [9.17, 15) is 4.39 Å². The summed E-state index contributed by atoms with van der Waals surface area (Å²) in [5, 5.41) is 3.32. The molecular weight excluding hydrogens is 181 g/mol. The van der Waals surface area contributed by atoms with E-state index >= 15 is 0 Å². The quantitative estimate of drug-likeness (QED) is 0.733. The van der Waals surface area contributed by atoms with Crippen LogP contribution in [0.15, 0.2) is 18.2 Å². The maximum absolute atomic E-state index is 12.9. The molecule has 3 heteroatoms. The van der Waals surface area contributed by atoms with Crippen molar-refractivity contribution in [1.29, 1.82) is 0 Å². The largest absolute Gasteiger partial charge is 0.367 e. The molecule has 2 nitrogen and oxygen atoms in total. The van der Waals surface area contributed by atoms with E-state index in [0.29, 0.717) is 12.6 Å². The number of halogens is 1. The number of benzene rings is 1. The lowest BCUT2D eigenvalue weighted by molar-refractivity contribution is 0.0193. The molecule has 0 spiro atoms. The zero-order valence-electron chi connectivity index (χ0n) is 7.79. The van der Waals surface area contributed by atoms with E-state index in [0.717, 1.165) is 24.1 Å². The second-order valence-corrected chi connectivity index (χ2v) is 3.92. The van der Waals surface area contributed by atoms with E-state index in [1.54, 1.807) is 6.07 Å². The van der Waals surface area contributed by atoms with Crippen LogP contribution in [0.5, 0.6) is 0 Å². The van der Waals surface area contributed by atoms with E-state index in [1.807, 2.05) is 6.07 Å². The minimum absolute atomic E-state index is 0.138. The van der Waals surface area contributed by atoms with Gasteiger partial charge in [-0.25, -0.2) is 4.39 Å². The average Bonchev–Trinajstić information content (AvgIpc) is 2.45. The van der Waals surface area contributed by atoms with Gasteiger partial charge in [0, 0.05) is 6.04 Å². The Kier molecular flexibility index (Phi) is 1.82. The van der Waals surface area contributed by atoms with Crippen molar-refractivity contribution in [2.24, 2.45) is 0 Å². The van der Waals surface area contributed by atoms with Crippen LogP contribution in [0.25, 0.3) is 0 Å². The zero-order valence-corrected chi connectivity index (χ0v) is 7.79. The highest BCUT2D eigenvalue weighted by Crippen LogP contribution is 2.35. The Hall–Kier alpha value is -0.930. The van der Waals surface area contributed by atoms with Crippen LogP contribution in [0.2, 0.25) is 0 Å². The molecule has 1 aromatic carbocycles. The fraction of sp³-hybridized carbons (Fsp3) is 0.455. The Bertz CT molecular complexity index is 362. The molecule has 1 saturated heterocycles. The Labute approximate surface area is 82.1 Å². The van der Waals surface area contributed by atoms with Gasteiger partial charge in [-0.15, -0.1) is 0 Å². The molecule has 14 heavy (non-hydrogen) atoms. The lowest BCUT2D eigenvalue weighted by Crippen LogP contribution is -2.46. The molecule has 1 N–H and O–H groups in total. The fourth-order valence-electron chi connectivity index (χ4n) is 2.15. The first-order chi connectivity index (χ1) is 6.84. The highest BCUT2D eigenvalue weighted by Gasteiger charge is 2.33. The highest BCUT2D eigenvalue weighted by atomic mass is 19.1. The smallest absolute Gasteiger partial charge is 0.123 e. The molecule has 0 bridgehead atoms. The summed E-state index contributed by atoms with van der Waals surface area (Å²) in [4.78, 5) is 0. The summed E-state index contributed by atoms with van der Waals surface area (Å²) in [5.41, 5.74) is 2.16. The summed E-state index contributed by atoms with van der Waals surface area (Å²) in [6.45, 7) is 1.62. The second-order valence-electron chi connectivity index (χ2n) is 3.92. The van der Waals surface area contributed by atoms with Crippen molar-refractivity contribution in [1.82, 2.24) is 5.32 Å². The summed E-state index contributed by atoms with van der Waals surface area (Å²) < 4.78 is 18.6. The lowest BCUT2D eigenvalue weighted by Gasteiger charge is -2.32. The number of hydrogen-bond acceptors (Lipinski definition) is 2. The Morgan fingerprint density at radius 1 is 1.43 bits per heavy atom. The molecule has 0 saturated carbocycles. The van der Waals surface area contributed by atoms with Crippen molar-refractivity contribution in [3.8, 4) is 0 Å². The van der Waals surface area contributed by atoms with Crippen molar-refractivity contribution < 1.29 is 9.13 Å². The van der Waals surface area contributed by atoms with Crippen molar-refractivity contribution in [2.45, 2.75) is 25.2 Å². The zero-order chi connectivity index (χ0) is 9.54. The van der Waals surface area contributed by atoms with E-state index in [1.165, 1.54) is 6.07 Å². The van der Waals surface area contributed by atoms with E-state index in [4.69, 9.17) is 4.74 Å². The number of rotatable bonds is 1. The van der Waals surface area contributed by atoms with Crippen LogP contribution in [-0.2, 0) is 11.3 Å². The van der Waals surface area contributed by atoms with Crippen LogP contribution < -0.4 is 5.32 Å². The highest BCUT2D eigenvalue weighted by molar-refractivity contribution is 5.33. The van der Waals surface area contributed by atoms with Gasteiger partial charge in [0.1, 0.15) is 5.82 Å². The minimum Gasteiger partial charge on any atom is -0.367 e. The first-order valence-corrected chi connectivity index (χ1v) is 4.98. The topological polar surface area (TPSA) is 21.3 Å². The minimum atomic E-state index is -0.172. The monoisotopic (exact) mass is 193 g/mol. The van der Waals surface area contributed by atoms with Gasteiger partial charge < -0.3 is 10.1 Å². The van der Waals surface area contributed by atoms with E-state index in [-0.39, 0.29) is 11.9 Å². The number of nitrogens with one attached hydrogen (secondary N) is 1. The van der Waals surface area contributed by atoms with Gasteiger partial charge in [-0.3, -0.25) is 0 Å². The first kappa shape index (κ1) is 8.38. The Balaban J connectivity index is 1.93.